The molecule has 3 aromatic rings. The molecule has 0 saturated carbocycles. The number of hydrogen-bond acceptors (Lipinski definition) is 4. The van der Waals surface area contributed by atoms with Crippen molar-refractivity contribution >= 4 is 5.91 Å². The van der Waals surface area contributed by atoms with E-state index in [0.717, 1.165) is 16.7 Å². The minimum absolute atomic E-state index is 0.0717. The smallest absolute Gasteiger partial charge is 0.256 e. The zero-order valence-corrected chi connectivity index (χ0v) is 18.3. The molecular weight excluding hydrogens is 390 g/mol. The van der Waals surface area contributed by atoms with Crippen molar-refractivity contribution in [2.45, 2.75) is 32.2 Å². The predicted molar refractivity (Wildman–Crippen MR) is 120 cm³/mol. The molecule has 4 rings (SSSR count). The van der Waals surface area contributed by atoms with Crippen LogP contribution in [0, 0.1) is 0 Å². The number of ether oxygens (including phenoxy) is 3. The summed E-state index contributed by atoms with van der Waals surface area (Å²) in [4.78, 5) is 15.0. The van der Waals surface area contributed by atoms with Crippen LogP contribution in [0.1, 0.15) is 31.2 Å². The SMILES string of the molecule is COc1cccc(OC)c1C1OC(C)(C)C(=O)N1Cc1ccc(-c2ccccc2)cc1. The highest BCUT2D eigenvalue weighted by Crippen LogP contribution is 2.45. The monoisotopic (exact) mass is 417 g/mol. The molecule has 5 nitrogen and oxygen atoms in total. The van der Waals surface area contributed by atoms with Crippen molar-refractivity contribution < 1.29 is 19.0 Å². The Morgan fingerprint density at radius 2 is 1.42 bits per heavy atom. The van der Waals surface area contributed by atoms with Gasteiger partial charge in [0.1, 0.15) is 17.1 Å². The molecule has 0 radical (unpaired) electrons. The summed E-state index contributed by atoms with van der Waals surface area (Å²) in [5.74, 6) is 1.18. The molecule has 0 aliphatic carbocycles. The lowest BCUT2D eigenvalue weighted by molar-refractivity contribution is -0.134. The summed E-state index contributed by atoms with van der Waals surface area (Å²) >= 11 is 0. The Morgan fingerprint density at radius 3 is 2.00 bits per heavy atom. The Hall–Kier alpha value is -3.31. The molecule has 1 unspecified atom stereocenters. The lowest BCUT2D eigenvalue weighted by Crippen LogP contribution is -2.35. The van der Waals surface area contributed by atoms with Gasteiger partial charge >= 0.3 is 0 Å². The van der Waals surface area contributed by atoms with Crippen LogP contribution in [0.3, 0.4) is 0 Å². The van der Waals surface area contributed by atoms with Gasteiger partial charge in [0, 0.05) is 6.54 Å². The average molecular weight is 418 g/mol. The second-order valence-corrected chi connectivity index (χ2v) is 8.05. The molecule has 1 atom stereocenters. The van der Waals surface area contributed by atoms with Gasteiger partial charge in [-0.05, 0) is 42.7 Å². The largest absolute Gasteiger partial charge is 0.496 e. The summed E-state index contributed by atoms with van der Waals surface area (Å²) < 4.78 is 17.4. The molecule has 1 saturated heterocycles. The van der Waals surface area contributed by atoms with Gasteiger partial charge in [-0.1, -0.05) is 60.7 Å². The number of methoxy groups -OCH3 is 2. The van der Waals surface area contributed by atoms with Gasteiger partial charge in [0.25, 0.3) is 5.91 Å². The standard InChI is InChI=1S/C26H27NO4/c1-26(2)25(28)27(24(31-26)23-21(29-3)11-8-12-22(23)30-4)17-18-13-15-20(16-14-18)19-9-6-5-7-10-19/h5-16,24H,17H2,1-4H3. The van der Waals surface area contributed by atoms with E-state index in [1.54, 1.807) is 33.0 Å². The van der Waals surface area contributed by atoms with Crippen LogP contribution in [0.25, 0.3) is 11.1 Å². The minimum Gasteiger partial charge on any atom is -0.496 e. The third-order valence-electron chi connectivity index (χ3n) is 5.59. The van der Waals surface area contributed by atoms with E-state index in [9.17, 15) is 4.79 Å². The summed E-state index contributed by atoms with van der Waals surface area (Å²) in [6, 6.07) is 24.0. The fourth-order valence-corrected chi connectivity index (χ4v) is 3.97. The van der Waals surface area contributed by atoms with E-state index < -0.39 is 11.8 Å². The molecule has 1 heterocycles. The minimum atomic E-state index is -0.944. The van der Waals surface area contributed by atoms with Gasteiger partial charge < -0.3 is 19.1 Å². The summed E-state index contributed by atoms with van der Waals surface area (Å²) in [6.45, 7) is 4.01. The first-order valence-corrected chi connectivity index (χ1v) is 10.3. The maximum atomic E-state index is 13.2. The fraction of sp³-hybridized carbons (Fsp3) is 0.269. The average Bonchev–Trinajstić information content (AvgIpc) is 3.02. The normalized spacial score (nSPS) is 17.6. The van der Waals surface area contributed by atoms with Crippen LogP contribution >= 0.6 is 0 Å². The molecule has 0 N–H and O–H groups in total. The van der Waals surface area contributed by atoms with Gasteiger partial charge in [-0.15, -0.1) is 0 Å². The molecule has 3 aromatic carbocycles. The van der Waals surface area contributed by atoms with Crippen molar-refractivity contribution in [1.82, 2.24) is 4.90 Å². The molecule has 1 amide bonds. The first-order valence-electron chi connectivity index (χ1n) is 10.3. The first kappa shape index (κ1) is 20.9. The predicted octanol–water partition coefficient (Wildman–Crippen LogP) is 5.21. The molecule has 0 spiro atoms. The van der Waals surface area contributed by atoms with Crippen LogP contribution in [0.5, 0.6) is 11.5 Å². The summed E-state index contributed by atoms with van der Waals surface area (Å²) in [5, 5.41) is 0. The lowest BCUT2D eigenvalue weighted by Gasteiger charge is -2.26. The number of hydrogen-bond donors (Lipinski definition) is 0. The van der Waals surface area contributed by atoms with Gasteiger partial charge in [-0.25, -0.2) is 0 Å². The van der Waals surface area contributed by atoms with Crippen molar-refractivity contribution in [3.8, 4) is 22.6 Å². The molecule has 1 fully saturated rings. The second kappa shape index (κ2) is 8.44. The topological polar surface area (TPSA) is 48.0 Å². The van der Waals surface area contributed by atoms with Crippen LogP contribution in [0.4, 0.5) is 0 Å². The number of carbonyl (C=O) groups excluding carboxylic acids is 1. The molecule has 5 heteroatoms. The highest BCUT2D eigenvalue weighted by molar-refractivity contribution is 5.86. The molecular formula is C26H27NO4. The highest BCUT2D eigenvalue weighted by Gasteiger charge is 2.48. The van der Waals surface area contributed by atoms with Gasteiger partial charge in [0.15, 0.2) is 6.23 Å². The Balaban J connectivity index is 1.67. The van der Waals surface area contributed by atoms with E-state index in [4.69, 9.17) is 14.2 Å². The first-order chi connectivity index (χ1) is 14.9. The van der Waals surface area contributed by atoms with E-state index in [1.165, 1.54) is 0 Å². The van der Waals surface area contributed by atoms with Gasteiger partial charge in [-0.3, -0.25) is 4.79 Å². The number of nitrogens with zero attached hydrogens (tertiary/aromatic N) is 1. The van der Waals surface area contributed by atoms with Crippen LogP contribution in [-0.4, -0.2) is 30.6 Å². The third-order valence-corrected chi connectivity index (χ3v) is 5.59. The van der Waals surface area contributed by atoms with E-state index in [0.29, 0.717) is 23.6 Å². The number of amides is 1. The van der Waals surface area contributed by atoms with Crippen LogP contribution in [0.15, 0.2) is 72.8 Å². The third kappa shape index (κ3) is 4.01. The van der Waals surface area contributed by atoms with Crippen LogP contribution in [-0.2, 0) is 16.1 Å². The van der Waals surface area contributed by atoms with Gasteiger partial charge in [0.05, 0.1) is 19.8 Å². The molecule has 1 aliphatic heterocycles. The molecule has 0 bridgehead atoms. The zero-order chi connectivity index (χ0) is 22.0. The molecule has 0 aromatic heterocycles. The summed E-state index contributed by atoms with van der Waals surface area (Å²) in [6.07, 6.45) is -0.609. The van der Waals surface area contributed by atoms with E-state index in [-0.39, 0.29) is 5.91 Å². The van der Waals surface area contributed by atoms with Gasteiger partial charge in [-0.2, -0.15) is 0 Å². The van der Waals surface area contributed by atoms with Crippen molar-refractivity contribution in [2.75, 3.05) is 14.2 Å². The van der Waals surface area contributed by atoms with Crippen molar-refractivity contribution in [2.24, 2.45) is 0 Å². The van der Waals surface area contributed by atoms with E-state index >= 15 is 0 Å². The Kier molecular flexibility index (Phi) is 5.70. The van der Waals surface area contributed by atoms with Crippen molar-refractivity contribution in [1.29, 1.82) is 0 Å². The number of benzene rings is 3. The lowest BCUT2D eigenvalue weighted by atomic mass is 10.0. The van der Waals surface area contributed by atoms with E-state index in [2.05, 4.69) is 36.4 Å². The Morgan fingerprint density at radius 1 is 0.839 bits per heavy atom. The summed E-state index contributed by atoms with van der Waals surface area (Å²) in [5.41, 5.74) is 3.09. The van der Waals surface area contributed by atoms with Crippen LogP contribution < -0.4 is 9.47 Å². The molecule has 1 aliphatic rings. The Bertz CT molecular complexity index is 1040. The summed E-state index contributed by atoms with van der Waals surface area (Å²) in [7, 11) is 3.21. The molecule has 31 heavy (non-hydrogen) atoms. The molecule has 160 valence electrons. The quantitative estimate of drug-likeness (QED) is 0.553. The number of rotatable bonds is 6. The van der Waals surface area contributed by atoms with Crippen molar-refractivity contribution in [3.63, 3.8) is 0 Å². The maximum Gasteiger partial charge on any atom is 0.256 e. The maximum absolute atomic E-state index is 13.2. The fourth-order valence-electron chi connectivity index (χ4n) is 3.97. The van der Waals surface area contributed by atoms with E-state index in [1.807, 2.05) is 36.4 Å². The highest BCUT2D eigenvalue weighted by atomic mass is 16.6. The van der Waals surface area contributed by atoms with Crippen LogP contribution in [0.2, 0.25) is 0 Å². The zero-order valence-electron chi connectivity index (χ0n) is 18.3. The Labute approximate surface area is 183 Å². The number of carbonyl (C=O) groups is 1. The van der Waals surface area contributed by atoms with Gasteiger partial charge in [0.2, 0.25) is 0 Å². The second-order valence-electron chi connectivity index (χ2n) is 8.05. The van der Waals surface area contributed by atoms with Crippen molar-refractivity contribution in [3.05, 3.63) is 83.9 Å².